The van der Waals surface area contributed by atoms with Crippen LogP contribution in [-0.4, -0.2) is 28.4 Å². The lowest BCUT2D eigenvalue weighted by atomic mass is 9.93. The molecule has 164 valence electrons. The zero-order chi connectivity index (χ0) is 22.6. The lowest BCUT2D eigenvalue weighted by molar-refractivity contribution is -0.132. The smallest absolute Gasteiger partial charge is 0.344 e. The molecule has 0 saturated carbocycles. The number of carbonyl (C=O) groups excluding carboxylic acids is 3. The Morgan fingerprint density at radius 2 is 1.91 bits per heavy atom. The molecule has 2 N–H and O–H groups in total. The molecular weight excluding hydrogens is 426 g/mol. The van der Waals surface area contributed by atoms with Crippen LogP contribution in [0.5, 0.6) is 5.75 Å². The second kappa shape index (κ2) is 9.23. The Kier molecular flexibility index (Phi) is 6.23. The standard InChI is InChI=1S/C24H23N3O4S/c1-24(13-12-17-7-3-2-4-8-17)22(29)27(23(30)25-24)26-21(28)18-9-5-10-19(15-18)31-16-20-11-6-14-32-20/h2-11,14-15H,12-13,16H2,1H3,(H,25,30)(H,26,28). The first-order chi connectivity index (χ1) is 15.4. The van der Waals surface area contributed by atoms with Crippen LogP contribution in [0.25, 0.3) is 0 Å². The van der Waals surface area contributed by atoms with Crippen molar-refractivity contribution >= 4 is 29.2 Å². The summed E-state index contributed by atoms with van der Waals surface area (Å²) in [7, 11) is 0. The van der Waals surface area contributed by atoms with E-state index >= 15 is 0 Å². The summed E-state index contributed by atoms with van der Waals surface area (Å²) in [5.74, 6) is -0.532. The van der Waals surface area contributed by atoms with E-state index in [9.17, 15) is 14.4 Å². The number of urea groups is 1. The fourth-order valence-corrected chi connectivity index (χ4v) is 4.05. The molecule has 1 aliphatic heterocycles. The molecule has 1 aromatic heterocycles. The number of thiophene rings is 1. The average molecular weight is 450 g/mol. The number of hydrazine groups is 1. The maximum atomic E-state index is 12.9. The fraction of sp³-hybridized carbons (Fsp3) is 0.208. The van der Waals surface area contributed by atoms with Crippen molar-refractivity contribution in [2.24, 2.45) is 0 Å². The third kappa shape index (κ3) is 4.81. The maximum absolute atomic E-state index is 12.9. The first-order valence-corrected chi connectivity index (χ1v) is 11.1. The maximum Gasteiger partial charge on any atom is 0.344 e. The number of carbonyl (C=O) groups is 3. The van der Waals surface area contributed by atoms with Gasteiger partial charge < -0.3 is 10.1 Å². The van der Waals surface area contributed by atoms with Gasteiger partial charge in [0.05, 0.1) is 0 Å². The van der Waals surface area contributed by atoms with Gasteiger partial charge >= 0.3 is 6.03 Å². The number of amides is 4. The van der Waals surface area contributed by atoms with Gasteiger partial charge in [0, 0.05) is 10.4 Å². The summed E-state index contributed by atoms with van der Waals surface area (Å²) in [4.78, 5) is 39.2. The number of rotatable bonds is 8. The van der Waals surface area contributed by atoms with Crippen LogP contribution in [0.4, 0.5) is 4.79 Å². The zero-order valence-electron chi connectivity index (χ0n) is 17.5. The predicted molar refractivity (Wildman–Crippen MR) is 121 cm³/mol. The van der Waals surface area contributed by atoms with E-state index in [1.54, 1.807) is 42.5 Å². The average Bonchev–Trinajstić information content (AvgIpc) is 3.40. The summed E-state index contributed by atoms with van der Waals surface area (Å²) < 4.78 is 5.73. The fourth-order valence-electron chi connectivity index (χ4n) is 3.44. The number of imide groups is 1. The quantitative estimate of drug-likeness (QED) is 0.511. The lowest BCUT2D eigenvalue weighted by Crippen LogP contribution is -2.48. The minimum Gasteiger partial charge on any atom is -0.488 e. The van der Waals surface area contributed by atoms with Crippen molar-refractivity contribution in [3.05, 3.63) is 88.1 Å². The molecule has 4 amide bonds. The number of ether oxygens (including phenoxy) is 1. The monoisotopic (exact) mass is 449 g/mol. The highest BCUT2D eigenvalue weighted by molar-refractivity contribution is 7.09. The van der Waals surface area contributed by atoms with Crippen LogP contribution >= 0.6 is 11.3 Å². The van der Waals surface area contributed by atoms with E-state index in [-0.39, 0.29) is 5.56 Å². The van der Waals surface area contributed by atoms with Crippen LogP contribution in [0.15, 0.2) is 72.1 Å². The molecule has 8 heteroatoms. The molecule has 7 nitrogen and oxygen atoms in total. The van der Waals surface area contributed by atoms with Crippen molar-refractivity contribution < 1.29 is 19.1 Å². The van der Waals surface area contributed by atoms with Gasteiger partial charge in [-0.3, -0.25) is 15.0 Å². The summed E-state index contributed by atoms with van der Waals surface area (Å²) in [6, 6.07) is 19.6. The van der Waals surface area contributed by atoms with Gasteiger partial charge in [0.15, 0.2) is 0 Å². The van der Waals surface area contributed by atoms with Gasteiger partial charge in [0.2, 0.25) is 0 Å². The highest BCUT2D eigenvalue weighted by atomic mass is 32.1. The molecular formula is C24H23N3O4S. The summed E-state index contributed by atoms with van der Waals surface area (Å²) in [6.07, 6.45) is 1.04. The highest BCUT2D eigenvalue weighted by Gasteiger charge is 2.48. The highest BCUT2D eigenvalue weighted by Crippen LogP contribution is 2.23. The van der Waals surface area contributed by atoms with Crippen molar-refractivity contribution in [3.63, 3.8) is 0 Å². The van der Waals surface area contributed by atoms with E-state index in [1.807, 2.05) is 47.8 Å². The predicted octanol–water partition coefficient (Wildman–Crippen LogP) is 3.92. The number of hydrogen-bond acceptors (Lipinski definition) is 5. The number of nitrogens with zero attached hydrogens (tertiary/aromatic N) is 1. The molecule has 2 aromatic carbocycles. The van der Waals surface area contributed by atoms with Gasteiger partial charge in [-0.2, -0.15) is 5.01 Å². The molecule has 0 radical (unpaired) electrons. The topological polar surface area (TPSA) is 87.7 Å². The van der Waals surface area contributed by atoms with Crippen LogP contribution in [0.2, 0.25) is 0 Å². The number of aryl methyl sites for hydroxylation is 1. The van der Waals surface area contributed by atoms with Crippen LogP contribution in [-0.2, 0) is 17.8 Å². The van der Waals surface area contributed by atoms with Crippen molar-refractivity contribution in [1.29, 1.82) is 0 Å². The SMILES string of the molecule is CC1(CCc2ccccc2)NC(=O)N(NC(=O)c2cccc(OCc3cccs3)c2)C1=O. The number of nitrogens with one attached hydrogen (secondary N) is 2. The normalized spacial score (nSPS) is 17.8. The van der Waals surface area contributed by atoms with E-state index in [0.29, 0.717) is 25.2 Å². The first kappa shape index (κ1) is 21.6. The second-order valence-electron chi connectivity index (χ2n) is 7.73. The Labute approximate surface area is 190 Å². The Balaban J connectivity index is 1.39. The molecule has 0 spiro atoms. The van der Waals surface area contributed by atoms with E-state index in [4.69, 9.17) is 4.74 Å². The van der Waals surface area contributed by atoms with Crippen LogP contribution in [0, 0.1) is 0 Å². The molecule has 1 atom stereocenters. The molecule has 1 unspecified atom stereocenters. The number of hydrogen-bond donors (Lipinski definition) is 2. The molecule has 0 bridgehead atoms. The summed E-state index contributed by atoms with van der Waals surface area (Å²) >= 11 is 1.58. The van der Waals surface area contributed by atoms with Crippen molar-refractivity contribution in [2.45, 2.75) is 31.9 Å². The summed E-state index contributed by atoms with van der Waals surface area (Å²) in [6.45, 7) is 2.07. The van der Waals surface area contributed by atoms with Gasteiger partial charge in [-0.05, 0) is 55.0 Å². The zero-order valence-corrected chi connectivity index (χ0v) is 18.4. The van der Waals surface area contributed by atoms with Crippen molar-refractivity contribution in [1.82, 2.24) is 15.8 Å². The van der Waals surface area contributed by atoms with E-state index in [1.165, 1.54) is 0 Å². The van der Waals surface area contributed by atoms with E-state index < -0.39 is 23.4 Å². The minimum absolute atomic E-state index is 0.284. The van der Waals surface area contributed by atoms with Gasteiger partial charge in [-0.15, -0.1) is 11.3 Å². The molecule has 4 rings (SSSR count). The molecule has 32 heavy (non-hydrogen) atoms. The molecule has 0 aliphatic carbocycles. The minimum atomic E-state index is -1.09. The largest absolute Gasteiger partial charge is 0.488 e. The van der Waals surface area contributed by atoms with Gasteiger partial charge in [0.25, 0.3) is 11.8 Å². The van der Waals surface area contributed by atoms with Crippen LogP contribution in [0.3, 0.4) is 0 Å². The van der Waals surface area contributed by atoms with Crippen LogP contribution in [0.1, 0.15) is 34.1 Å². The first-order valence-electron chi connectivity index (χ1n) is 10.2. The van der Waals surface area contributed by atoms with Crippen molar-refractivity contribution in [3.8, 4) is 5.75 Å². The third-order valence-electron chi connectivity index (χ3n) is 5.29. The second-order valence-corrected chi connectivity index (χ2v) is 8.76. The Bertz CT molecular complexity index is 1120. The third-order valence-corrected chi connectivity index (χ3v) is 6.14. The van der Waals surface area contributed by atoms with Gasteiger partial charge in [-0.25, -0.2) is 4.79 Å². The molecule has 1 aliphatic rings. The summed E-state index contributed by atoms with van der Waals surface area (Å²) in [5, 5.41) is 5.43. The molecule has 1 saturated heterocycles. The van der Waals surface area contributed by atoms with Crippen LogP contribution < -0.4 is 15.5 Å². The van der Waals surface area contributed by atoms with Crippen molar-refractivity contribution in [2.75, 3.05) is 0 Å². The van der Waals surface area contributed by atoms with Gasteiger partial charge in [0.1, 0.15) is 17.9 Å². The number of benzene rings is 2. The van der Waals surface area contributed by atoms with E-state index in [0.717, 1.165) is 15.4 Å². The Hall–Kier alpha value is -3.65. The summed E-state index contributed by atoms with van der Waals surface area (Å²) in [5.41, 5.74) is 2.68. The molecule has 3 aromatic rings. The van der Waals surface area contributed by atoms with E-state index in [2.05, 4.69) is 10.7 Å². The molecule has 2 heterocycles. The van der Waals surface area contributed by atoms with Gasteiger partial charge in [-0.1, -0.05) is 42.5 Å². The lowest BCUT2D eigenvalue weighted by Gasteiger charge is -2.21. The Morgan fingerprint density at radius 3 is 2.66 bits per heavy atom. The Morgan fingerprint density at radius 1 is 1.09 bits per heavy atom. The molecule has 1 fully saturated rings.